The second-order valence-corrected chi connectivity index (χ2v) is 11.9. The van der Waals surface area contributed by atoms with Gasteiger partial charge in [-0.1, -0.05) is 0 Å². The molecule has 8 nitrogen and oxygen atoms in total. The molecule has 0 amide bonds. The van der Waals surface area contributed by atoms with Gasteiger partial charge in [0.1, 0.15) is 11.5 Å². The van der Waals surface area contributed by atoms with Crippen LogP contribution in [-0.2, 0) is 10.0 Å². The zero-order valence-electron chi connectivity index (χ0n) is 20.3. The van der Waals surface area contributed by atoms with Gasteiger partial charge < -0.3 is 5.32 Å². The third kappa shape index (κ3) is 4.88. The Morgan fingerprint density at radius 3 is 2.62 bits per heavy atom. The first-order valence-corrected chi connectivity index (χ1v) is 14.4. The van der Waals surface area contributed by atoms with Crippen LogP contribution in [0.4, 0.5) is 19.1 Å². The molecule has 0 unspecified atom stereocenters. The van der Waals surface area contributed by atoms with Gasteiger partial charge in [-0.25, -0.2) is 36.5 Å². The molecule has 0 aliphatic carbocycles. The summed E-state index contributed by atoms with van der Waals surface area (Å²) in [5.74, 6) is -2.13. The minimum absolute atomic E-state index is 0.0352. The average Bonchev–Trinajstić information content (AvgIpc) is 3.52. The number of halogens is 3. The Morgan fingerprint density at radius 2 is 1.82 bits per heavy atom. The van der Waals surface area contributed by atoms with E-state index in [1.54, 1.807) is 12.3 Å². The SMILES string of the molecule is O=S(=O)(c1ccc(F)cc1)N1CCC[C@@H](Nc2nccc(-c3c(-c4ccc(F)c(F)c4)nc4sccn34)n2)C1. The molecule has 0 spiro atoms. The number of nitrogens with zero attached hydrogens (tertiary/aromatic N) is 5. The predicted octanol–water partition coefficient (Wildman–Crippen LogP) is 5.20. The highest BCUT2D eigenvalue weighted by atomic mass is 32.2. The molecular weight excluding hydrogens is 549 g/mol. The van der Waals surface area contributed by atoms with Crippen LogP contribution in [0.2, 0.25) is 0 Å². The second kappa shape index (κ2) is 10.1. The zero-order valence-corrected chi connectivity index (χ0v) is 21.9. The Kier molecular flexibility index (Phi) is 6.57. The zero-order chi connectivity index (χ0) is 27.1. The number of benzene rings is 2. The molecule has 1 N–H and O–H groups in total. The Morgan fingerprint density at radius 1 is 1.00 bits per heavy atom. The summed E-state index contributed by atoms with van der Waals surface area (Å²) < 4.78 is 70.4. The lowest BCUT2D eigenvalue weighted by Gasteiger charge is -2.32. The van der Waals surface area contributed by atoms with E-state index in [0.29, 0.717) is 52.9 Å². The minimum Gasteiger partial charge on any atom is -0.350 e. The quantitative estimate of drug-likeness (QED) is 0.302. The summed E-state index contributed by atoms with van der Waals surface area (Å²) in [6.45, 7) is 0.539. The molecule has 1 atom stereocenters. The molecule has 3 aromatic heterocycles. The molecule has 1 fully saturated rings. The van der Waals surface area contributed by atoms with Crippen molar-refractivity contribution in [3.05, 3.63) is 83.8 Å². The molecule has 4 heterocycles. The highest BCUT2D eigenvalue weighted by Gasteiger charge is 2.31. The number of thiazole rings is 1. The Hall–Kier alpha value is -3.81. The van der Waals surface area contributed by atoms with Gasteiger partial charge in [-0.2, -0.15) is 4.31 Å². The van der Waals surface area contributed by atoms with E-state index in [1.165, 1.54) is 33.8 Å². The number of rotatable bonds is 6. The van der Waals surface area contributed by atoms with Crippen LogP contribution in [0.5, 0.6) is 0 Å². The van der Waals surface area contributed by atoms with Crippen molar-refractivity contribution < 1.29 is 21.6 Å². The monoisotopic (exact) mass is 570 g/mol. The molecule has 5 aromatic rings. The van der Waals surface area contributed by atoms with E-state index in [-0.39, 0.29) is 17.5 Å². The number of anilines is 1. The van der Waals surface area contributed by atoms with Crippen molar-refractivity contribution in [2.24, 2.45) is 0 Å². The molecule has 200 valence electrons. The van der Waals surface area contributed by atoms with Crippen LogP contribution >= 0.6 is 11.3 Å². The van der Waals surface area contributed by atoms with Crippen LogP contribution in [0.25, 0.3) is 27.6 Å². The van der Waals surface area contributed by atoms with Crippen LogP contribution in [0.15, 0.2) is 71.2 Å². The Balaban J connectivity index is 1.28. The highest BCUT2D eigenvalue weighted by Crippen LogP contribution is 2.34. The van der Waals surface area contributed by atoms with Gasteiger partial charge in [0.2, 0.25) is 16.0 Å². The largest absolute Gasteiger partial charge is 0.350 e. The van der Waals surface area contributed by atoms with Crippen LogP contribution < -0.4 is 5.32 Å². The van der Waals surface area contributed by atoms with Crippen molar-refractivity contribution in [1.29, 1.82) is 0 Å². The summed E-state index contributed by atoms with van der Waals surface area (Å²) in [6.07, 6.45) is 4.71. The maximum absolute atomic E-state index is 14.0. The lowest BCUT2D eigenvalue weighted by molar-refractivity contribution is 0.326. The van der Waals surface area contributed by atoms with Gasteiger partial charge >= 0.3 is 0 Å². The number of fused-ring (bicyclic) bond motifs is 1. The van der Waals surface area contributed by atoms with Crippen molar-refractivity contribution in [3.63, 3.8) is 0 Å². The van der Waals surface area contributed by atoms with Crippen molar-refractivity contribution in [2.45, 2.75) is 23.8 Å². The Bertz CT molecular complexity index is 1770. The number of piperidine rings is 1. The third-order valence-electron chi connectivity index (χ3n) is 6.52. The van der Waals surface area contributed by atoms with Gasteiger partial charge in [-0.05, 0) is 61.4 Å². The van der Waals surface area contributed by atoms with Crippen molar-refractivity contribution in [1.82, 2.24) is 23.7 Å². The summed E-state index contributed by atoms with van der Waals surface area (Å²) in [5.41, 5.74) is 1.94. The van der Waals surface area contributed by atoms with Gasteiger partial charge in [-0.15, -0.1) is 11.3 Å². The number of hydrogen-bond acceptors (Lipinski definition) is 7. The van der Waals surface area contributed by atoms with Crippen molar-refractivity contribution >= 4 is 32.3 Å². The van der Waals surface area contributed by atoms with Gasteiger partial charge in [0.25, 0.3) is 0 Å². The summed E-state index contributed by atoms with van der Waals surface area (Å²) >= 11 is 1.39. The molecular formula is C26H21F3N6O2S2. The fraction of sp³-hybridized carbons (Fsp3) is 0.192. The van der Waals surface area contributed by atoms with E-state index in [2.05, 4.69) is 20.3 Å². The van der Waals surface area contributed by atoms with Gasteiger partial charge in [0.05, 0.1) is 16.3 Å². The van der Waals surface area contributed by atoms with Gasteiger partial charge in [0, 0.05) is 42.5 Å². The molecule has 39 heavy (non-hydrogen) atoms. The van der Waals surface area contributed by atoms with Crippen LogP contribution in [0, 0.1) is 17.5 Å². The van der Waals surface area contributed by atoms with E-state index < -0.39 is 27.5 Å². The highest BCUT2D eigenvalue weighted by molar-refractivity contribution is 7.89. The minimum atomic E-state index is -3.79. The molecule has 1 aliphatic rings. The topological polar surface area (TPSA) is 92.5 Å². The smallest absolute Gasteiger partial charge is 0.243 e. The number of sulfonamides is 1. The normalized spacial score (nSPS) is 16.5. The molecule has 0 saturated carbocycles. The molecule has 1 aliphatic heterocycles. The first-order valence-electron chi connectivity index (χ1n) is 12.1. The van der Waals surface area contributed by atoms with Crippen molar-refractivity contribution in [3.8, 4) is 22.6 Å². The van der Waals surface area contributed by atoms with Crippen molar-refractivity contribution in [2.75, 3.05) is 18.4 Å². The lowest BCUT2D eigenvalue weighted by Crippen LogP contribution is -2.45. The number of imidazole rings is 1. The summed E-state index contributed by atoms with van der Waals surface area (Å²) in [7, 11) is -3.79. The third-order valence-corrected chi connectivity index (χ3v) is 9.16. The Labute approximate surface area is 225 Å². The maximum Gasteiger partial charge on any atom is 0.243 e. The first-order chi connectivity index (χ1) is 18.8. The first kappa shape index (κ1) is 25.5. The number of nitrogens with one attached hydrogen (secondary N) is 1. The van der Waals surface area contributed by atoms with Crippen LogP contribution in [-0.4, -0.2) is 51.2 Å². The number of hydrogen-bond donors (Lipinski definition) is 1. The lowest BCUT2D eigenvalue weighted by atomic mass is 10.1. The molecule has 1 saturated heterocycles. The molecule has 6 rings (SSSR count). The molecule has 0 bridgehead atoms. The standard InChI is InChI=1S/C26H21F3N6O2S2/c27-17-4-6-19(7-5-17)39(36,37)34-11-1-2-18(15-34)31-25-30-10-9-22(32-25)24-23(33-26-35(24)12-13-38-26)16-3-8-20(28)21(29)14-16/h3-10,12-14,18H,1-2,11,15H2,(H,30,31,32)/t18-/m1/s1. The van der Waals surface area contributed by atoms with Gasteiger partial charge in [0.15, 0.2) is 16.6 Å². The molecule has 0 radical (unpaired) electrons. The van der Waals surface area contributed by atoms with Crippen LogP contribution in [0.3, 0.4) is 0 Å². The van der Waals surface area contributed by atoms with Gasteiger partial charge in [-0.3, -0.25) is 4.40 Å². The second-order valence-electron chi connectivity index (χ2n) is 9.06. The predicted molar refractivity (Wildman–Crippen MR) is 141 cm³/mol. The molecule has 2 aromatic carbocycles. The summed E-state index contributed by atoms with van der Waals surface area (Å²) in [4.78, 5) is 14.3. The van der Waals surface area contributed by atoms with E-state index in [9.17, 15) is 21.6 Å². The van der Waals surface area contributed by atoms with Crippen LogP contribution in [0.1, 0.15) is 12.8 Å². The number of aromatic nitrogens is 4. The van der Waals surface area contributed by atoms with E-state index in [0.717, 1.165) is 24.3 Å². The average molecular weight is 571 g/mol. The van der Waals surface area contributed by atoms with E-state index in [4.69, 9.17) is 0 Å². The van der Waals surface area contributed by atoms with E-state index >= 15 is 0 Å². The molecule has 13 heteroatoms. The van der Waals surface area contributed by atoms with E-state index in [1.807, 2.05) is 16.0 Å². The fourth-order valence-corrected chi connectivity index (χ4v) is 6.89. The summed E-state index contributed by atoms with van der Waals surface area (Å²) in [6, 6.07) is 9.83. The maximum atomic E-state index is 14.0. The fourth-order valence-electron chi connectivity index (χ4n) is 4.65. The summed E-state index contributed by atoms with van der Waals surface area (Å²) in [5, 5.41) is 5.10.